The van der Waals surface area contributed by atoms with Crippen LogP contribution in [0.4, 0.5) is 0 Å². The molecular weight excluding hydrogens is 264 g/mol. The van der Waals surface area contributed by atoms with Crippen LogP contribution in [0.15, 0.2) is 30.6 Å². The highest BCUT2D eigenvalue weighted by molar-refractivity contribution is 5.29. The summed E-state index contributed by atoms with van der Waals surface area (Å²) in [6, 6.07) is 6.32. The molecule has 0 aliphatic heterocycles. The van der Waals surface area contributed by atoms with E-state index in [9.17, 15) is 0 Å². The normalized spacial score (nSPS) is 14.1. The Morgan fingerprint density at radius 1 is 1.38 bits per heavy atom. The summed E-state index contributed by atoms with van der Waals surface area (Å²) in [6.45, 7) is 6.53. The summed E-state index contributed by atoms with van der Waals surface area (Å²) in [5, 5.41) is 17.1. The van der Waals surface area contributed by atoms with Crippen molar-refractivity contribution >= 4 is 0 Å². The number of aliphatic hydroxyl groups is 1. The number of aliphatic hydroxyl groups excluding tert-OH is 1. The molecule has 5 nitrogen and oxygen atoms in total. The topological polar surface area (TPSA) is 63.0 Å². The number of aromatic nitrogens is 3. The van der Waals surface area contributed by atoms with E-state index in [0.717, 1.165) is 29.9 Å². The maximum Gasteiger partial charge on any atom is 0.153 e. The molecule has 0 saturated carbocycles. The van der Waals surface area contributed by atoms with Gasteiger partial charge in [-0.2, -0.15) is 5.10 Å². The van der Waals surface area contributed by atoms with Crippen LogP contribution in [0.2, 0.25) is 0 Å². The average molecular weight is 288 g/mol. The lowest BCUT2D eigenvalue weighted by molar-refractivity contribution is 0.257. The van der Waals surface area contributed by atoms with Gasteiger partial charge in [0, 0.05) is 36.1 Å². The molecule has 0 radical (unpaired) electrons. The van der Waals surface area contributed by atoms with Gasteiger partial charge in [-0.1, -0.05) is 13.0 Å². The van der Waals surface area contributed by atoms with Gasteiger partial charge in [0.15, 0.2) is 5.82 Å². The second-order valence-electron chi connectivity index (χ2n) is 5.29. The zero-order valence-electron chi connectivity index (χ0n) is 13.0. The van der Waals surface area contributed by atoms with Gasteiger partial charge in [-0.05, 0) is 38.8 Å². The van der Waals surface area contributed by atoms with E-state index < -0.39 is 0 Å². The fourth-order valence-electron chi connectivity index (χ4n) is 2.56. The molecule has 0 aliphatic carbocycles. The highest BCUT2D eigenvalue weighted by Crippen LogP contribution is 2.20. The zero-order chi connectivity index (χ0) is 15.2. The minimum Gasteiger partial charge on any atom is -0.396 e. The molecule has 2 atom stereocenters. The predicted molar refractivity (Wildman–Crippen MR) is 83.4 cm³/mol. The third-order valence-corrected chi connectivity index (χ3v) is 3.84. The molecule has 2 N–H and O–H groups in total. The molecule has 2 aromatic rings. The molecule has 0 aromatic carbocycles. The summed E-state index contributed by atoms with van der Waals surface area (Å²) in [7, 11) is 0. The summed E-state index contributed by atoms with van der Waals surface area (Å²) < 4.78 is 1.86. The van der Waals surface area contributed by atoms with Crippen LogP contribution in [0.1, 0.15) is 44.0 Å². The lowest BCUT2D eigenvalue weighted by Gasteiger charge is -2.21. The Bertz CT molecular complexity index is 553. The van der Waals surface area contributed by atoms with Gasteiger partial charge < -0.3 is 10.4 Å². The highest BCUT2D eigenvalue weighted by atomic mass is 16.3. The molecule has 2 aromatic heterocycles. The molecule has 2 heterocycles. The van der Waals surface area contributed by atoms with Crippen molar-refractivity contribution in [1.82, 2.24) is 20.1 Å². The highest BCUT2D eigenvalue weighted by Gasteiger charge is 2.17. The number of nitrogens with one attached hydrogen (secondary N) is 1. The van der Waals surface area contributed by atoms with Crippen LogP contribution in [-0.2, 0) is 0 Å². The molecule has 0 saturated heterocycles. The largest absolute Gasteiger partial charge is 0.396 e. The van der Waals surface area contributed by atoms with Crippen molar-refractivity contribution in [2.75, 3.05) is 6.61 Å². The Kier molecular flexibility index (Phi) is 5.47. The molecule has 2 rings (SSSR count). The van der Waals surface area contributed by atoms with E-state index in [-0.39, 0.29) is 12.6 Å². The van der Waals surface area contributed by atoms with Crippen molar-refractivity contribution in [3.05, 3.63) is 41.9 Å². The van der Waals surface area contributed by atoms with Gasteiger partial charge >= 0.3 is 0 Å². The number of pyridine rings is 1. The number of hydrogen-bond donors (Lipinski definition) is 2. The summed E-state index contributed by atoms with van der Waals surface area (Å²) in [5.74, 6) is 0.829. The van der Waals surface area contributed by atoms with Crippen LogP contribution >= 0.6 is 0 Å². The molecule has 5 heteroatoms. The van der Waals surface area contributed by atoms with Crippen molar-refractivity contribution < 1.29 is 5.11 Å². The molecule has 0 spiro atoms. The molecule has 0 amide bonds. The number of rotatable bonds is 7. The Morgan fingerprint density at radius 2 is 2.19 bits per heavy atom. The monoisotopic (exact) mass is 288 g/mol. The third-order valence-electron chi connectivity index (χ3n) is 3.84. The van der Waals surface area contributed by atoms with Gasteiger partial charge in [0.25, 0.3) is 0 Å². The van der Waals surface area contributed by atoms with E-state index in [1.807, 2.05) is 29.1 Å². The van der Waals surface area contributed by atoms with Gasteiger partial charge in [-0.15, -0.1) is 0 Å². The molecular formula is C16H24N4O. The van der Waals surface area contributed by atoms with Crippen LogP contribution in [0.5, 0.6) is 0 Å². The molecule has 114 valence electrons. The molecule has 2 unspecified atom stereocenters. The fourth-order valence-corrected chi connectivity index (χ4v) is 2.56. The van der Waals surface area contributed by atoms with Gasteiger partial charge in [-0.3, -0.25) is 0 Å². The van der Waals surface area contributed by atoms with Crippen LogP contribution < -0.4 is 5.32 Å². The SMILES string of the molecule is CCC(CCO)NC(C)c1cnn(-c2ccccn2)c1C. The van der Waals surface area contributed by atoms with Gasteiger partial charge in [0.2, 0.25) is 0 Å². The Hall–Kier alpha value is -1.72. The summed E-state index contributed by atoms with van der Waals surface area (Å²) in [4.78, 5) is 4.34. The summed E-state index contributed by atoms with van der Waals surface area (Å²) in [5.41, 5.74) is 2.25. The first-order chi connectivity index (χ1) is 10.2. The van der Waals surface area contributed by atoms with Gasteiger partial charge in [0.05, 0.1) is 6.20 Å². The standard InChI is InChI=1S/C16H24N4O/c1-4-14(8-10-21)19-12(2)15-11-18-20(13(15)3)16-7-5-6-9-17-16/h5-7,9,11-12,14,19,21H,4,8,10H2,1-3H3. The fraction of sp³-hybridized carbons (Fsp3) is 0.500. The van der Waals surface area contributed by atoms with Crippen molar-refractivity contribution in [2.24, 2.45) is 0 Å². The lowest BCUT2D eigenvalue weighted by atomic mass is 10.1. The van der Waals surface area contributed by atoms with E-state index in [4.69, 9.17) is 5.11 Å². The van der Waals surface area contributed by atoms with Gasteiger partial charge in [0.1, 0.15) is 0 Å². The Labute approximate surface area is 126 Å². The minimum absolute atomic E-state index is 0.193. The van der Waals surface area contributed by atoms with E-state index in [2.05, 4.69) is 36.2 Å². The maximum atomic E-state index is 9.09. The second kappa shape index (κ2) is 7.33. The maximum absolute atomic E-state index is 9.09. The molecule has 0 aliphatic rings. The summed E-state index contributed by atoms with van der Waals surface area (Å²) >= 11 is 0. The Morgan fingerprint density at radius 3 is 2.81 bits per heavy atom. The quantitative estimate of drug-likeness (QED) is 0.821. The second-order valence-corrected chi connectivity index (χ2v) is 5.29. The van der Waals surface area contributed by atoms with Crippen LogP contribution in [-0.4, -0.2) is 32.5 Å². The molecule has 0 bridgehead atoms. The molecule has 21 heavy (non-hydrogen) atoms. The number of nitrogens with zero attached hydrogens (tertiary/aromatic N) is 3. The lowest BCUT2D eigenvalue weighted by Crippen LogP contribution is -2.32. The summed E-state index contributed by atoms with van der Waals surface area (Å²) in [6.07, 6.45) is 5.44. The van der Waals surface area contributed by atoms with Crippen molar-refractivity contribution in [2.45, 2.75) is 45.7 Å². The van der Waals surface area contributed by atoms with Crippen molar-refractivity contribution in [1.29, 1.82) is 0 Å². The average Bonchev–Trinajstić information content (AvgIpc) is 2.89. The van der Waals surface area contributed by atoms with Crippen LogP contribution in [0, 0.1) is 6.92 Å². The van der Waals surface area contributed by atoms with E-state index in [1.165, 1.54) is 0 Å². The van der Waals surface area contributed by atoms with Gasteiger partial charge in [-0.25, -0.2) is 9.67 Å². The van der Waals surface area contributed by atoms with Crippen LogP contribution in [0.3, 0.4) is 0 Å². The Balaban J connectivity index is 2.16. The van der Waals surface area contributed by atoms with Crippen LogP contribution in [0.25, 0.3) is 5.82 Å². The smallest absolute Gasteiger partial charge is 0.153 e. The van der Waals surface area contributed by atoms with E-state index in [0.29, 0.717) is 6.04 Å². The van der Waals surface area contributed by atoms with E-state index in [1.54, 1.807) is 6.20 Å². The predicted octanol–water partition coefficient (Wildman–Crippen LogP) is 2.39. The van der Waals surface area contributed by atoms with Crippen molar-refractivity contribution in [3.63, 3.8) is 0 Å². The van der Waals surface area contributed by atoms with Crippen molar-refractivity contribution in [3.8, 4) is 5.82 Å². The zero-order valence-corrected chi connectivity index (χ0v) is 13.0. The third kappa shape index (κ3) is 3.68. The van der Waals surface area contributed by atoms with E-state index >= 15 is 0 Å². The first-order valence-electron chi connectivity index (χ1n) is 7.50. The molecule has 0 fully saturated rings. The number of hydrogen-bond acceptors (Lipinski definition) is 4. The minimum atomic E-state index is 0.193. The first kappa shape index (κ1) is 15.7. The first-order valence-corrected chi connectivity index (χ1v) is 7.50.